The summed E-state index contributed by atoms with van der Waals surface area (Å²) in [4.78, 5) is 12.0. The third kappa shape index (κ3) is 2.85. The molecule has 1 aromatic rings. The van der Waals surface area contributed by atoms with E-state index in [2.05, 4.69) is 0 Å². The molecule has 98 valence electrons. The Morgan fingerprint density at radius 2 is 2.11 bits per heavy atom. The van der Waals surface area contributed by atoms with Crippen molar-refractivity contribution in [3.05, 3.63) is 35.9 Å². The summed E-state index contributed by atoms with van der Waals surface area (Å²) in [5, 5.41) is 0. The van der Waals surface area contributed by atoms with Crippen molar-refractivity contribution in [3.8, 4) is 0 Å². The van der Waals surface area contributed by atoms with Crippen molar-refractivity contribution in [2.45, 2.75) is 31.2 Å². The minimum atomic E-state index is -0.297. The number of halogens is 1. The van der Waals surface area contributed by atoms with Gasteiger partial charge in [0.1, 0.15) is 0 Å². The molecule has 18 heavy (non-hydrogen) atoms. The van der Waals surface area contributed by atoms with Crippen molar-refractivity contribution in [1.82, 2.24) is 4.42 Å². The Bertz CT molecular complexity index is 396. The fraction of sp³-hybridized carbons (Fsp3) is 0.500. The van der Waals surface area contributed by atoms with Crippen LogP contribution in [-0.4, -0.2) is 30.1 Å². The van der Waals surface area contributed by atoms with Crippen LogP contribution >= 0.6 is 11.8 Å². The van der Waals surface area contributed by atoms with Crippen LogP contribution in [0.4, 0.5) is 0 Å². The number of carbonyl (C=O) groups excluding carboxylic acids is 1. The predicted octanol–water partition coefficient (Wildman–Crippen LogP) is 2.95. The number of rotatable bonds is 3. The van der Waals surface area contributed by atoms with Crippen LogP contribution < -0.4 is 0 Å². The topological polar surface area (TPSA) is 29.5 Å². The van der Waals surface area contributed by atoms with Gasteiger partial charge in [-0.3, -0.25) is 4.79 Å². The minimum absolute atomic E-state index is 0.0234. The second kappa shape index (κ2) is 6.21. The Hall–Kier alpha value is -1.06. The third-order valence-corrected chi connectivity index (χ3v) is 3.90. The van der Waals surface area contributed by atoms with Gasteiger partial charge >= 0.3 is 5.97 Å². The summed E-state index contributed by atoms with van der Waals surface area (Å²) in [6.45, 7) is 0.826. The zero-order valence-corrected chi connectivity index (χ0v) is 11.3. The number of ether oxygens (including phenoxy) is 1. The van der Waals surface area contributed by atoms with Crippen LogP contribution in [0.15, 0.2) is 30.3 Å². The molecule has 1 aromatic carbocycles. The third-order valence-electron chi connectivity index (χ3n) is 3.48. The van der Waals surface area contributed by atoms with E-state index in [1.54, 1.807) is 4.42 Å². The van der Waals surface area contributed by atoms with Crippen LogP contribution in [0.5, 0.6) is 0 Å². The molecule has 0 saturated carbocycles. The standard InChI is InChI=1S/C14H18ClNO2/c1-18-14(17)13(11-7-3-2-4-8-11)12-9-5-6-10-16(12)15/h2-4,7-8,12-13H,5-6,9-10H2,1H3. The molecule has 4 heteroatoms. The largest absolute Gasteiger partial charge is 0.469 e. The Morgan fingerprint density at radius 1 is 1.39 bits per heavy atom. The van der Waals surface area contributed by atoms with Crippen molar-refractivity contribution >= 4 is 17.7 Å². The van der Waals surface area contributed by atoms with Crippen LogP contribution in [0.2, 0.25) is 0 Å². The average Bonchev–Trinajstić information content (AvgIpc) is 2.42. The number of hydrogen-bond acceptors (Lipinski definition) is 3. The van der Waals surface area contributed by atoms with E-state index in [0.717, 1.165) is 31.4 Å². The molecule has 0 bridgehead atoms. The molecule has 2 unspecified atom stereocenters. The van der Waals surface area contributed by atoms with E-state index in [1.807, 2.05) is 30.3 Å². The summed E-state index contributed by atoms with van der Waals surface area (Å²) in [6, 6.07) is 9.76. The first-order valence-corrected chi connectivity index (χ1v) is 6.63. The zero-order chi connectivity index (χ0) is 13.0. The van der Waals surface area contributed by atoms with Crippen LogP contribution in [0, 0.1) is 0 Å². The van der Waals surface area contributed by atoms with Gasteiger partial charge in [0, 0.05) is 12.6 Å². The molecule has 0 radical (unpaired) electrons. The van der Waals surface area contributed by atoms with Crippen LogP contribution in [-0.2, 0) is 9.53 Å². The van der Waals surface area contributed by atoms with Gasteiger partial charge in [0.05, 0.1) is 13.0 Å². The quantitative estimate of drug-likeness (QED) is 0.623. The molecule has 1 heterocycles. The van der Waals surface area contributed by atoms with Gasteiger partial charge in [-0.2, -0.15) is 0 Å². The van der Waals surface area contributed by atoms with Crippen LogP contribution in [0.1, 0.15) is 30.7 Å². The molecule has 0 aromatic heterocycles. The molecule has 2 atom stereocenters. The highest BCUT2D eigenvalue weighted by Crippen LogP contribution is 2.32. The van der Waals surface area contributed by atoms with Crippen molar-refractivity contribution in [2.75, 3.05) is 13.7 Å². The lowest BCUT2D eigenvalue weighted by molar-refractivity contribution is -0.144. The molecule has 1 aliphatic heterocycles. The maximum atomic E-state index is 12.0. The molecule has 1 saturated heterocycles. The molecule has 0 N–H and O–H groups in total. The first-order chi connectivity index (χ1) is 8.74. The Morgan fingerprint density at radius 3 is 2.72 bits per heavy atom. The lowest BCUT2D eigenvalue weighted by Crippen LogP contribution is -2.40. The van der Waals surface area contributed by atoms with Crippen molar-refractivity contribution < 1.29 is 9.53 Å². The van der Waals surface area contributed by atoms with Gasteiger partial charge in [-0.05, 0) is 30.2 Å². The number of esters is 1. The van der Waals surface area contributed by atoms with Crippen LogP contribution in [0.3, 0.4) is 0 Å². The summed E-state index contributed by atoms with van der Waals surface area (Å²) < 4.78 is 6.71. The predicted molar refractivity (Wildman–Crippen MR) is 71.4 cm³/mol. The summed E-state index contributed by atoms with van der Waals surface area (Å²) in [7, 11) is 1.43. The summed E-state index contributed by atoms with van der Waals surface area (Å²) >= 11 is 6.25. The van der Waals surface area contributed by atoms with Gasteiger partial charge in [0.2, 0.25) is 0 Å². The summed E-state index contributed by atoms with van der Waals surface area (Å²) in [6.07, 6.45) is 3.12. The second-order valence-electron chi connectivity index (χ2n) is 4.60. The fourth-order valence-electron chi connectivity index (χ4n) is 2.55. The highest BCUT2D eigenvalue weighted by Gasteiger charge is 2.35. The number of nitrogens with zero attached hydrogens (tertiary/aromatic N) is 1. The number of hydrogen-bond donors (Lipinski definition) is 0. The molecule has 1 aliphatic rings. The molecular weight excluding hydrogens is 250 g/mol. The number of carbonyl (C=O) groups is 1. The first-order valence-electron chi connectivity index (χ1n) is 6.29. The number of benzene rings is 1. The number of piperidine rings is 1. The Labute approximate surface area is 113 Å². The monoisotopic (exact) mass is 267 g/mol. The maximum absolute atomic E-state index is 12.0. The van der Waals surface area contributed by atoms with E-state index in [0.29, 0.717) is 0 Å². The minimum Gasteiger partial charge on any atom is -0.469 e. The maximum Gasteiger partial charge on any atom is 0.314 e. The molecule has 0 spiro atoms. The van der Waals surface area contributed by atoms with E-state index < -0.39 is 0 Å². The summed E-state index contributed by atoms with van der Waals surface area (Å²) in [5.74, 6) is -0.507. The first kappa shape index (κ1) is 13.4. The highest BCUT2D eigenvalue weighted by molar-refractivity contribution is 6.13. The average molecular weight is 268 g/mol. The molecule has 0 amide bonds. The highest BCUT2D eigenvalue weighted by atomic mass is 35.5. The van der Waals surface area contributed by atoms with Crippen LogP contribution in [0.25, 0.3) is 0 Å². The fourth-order valence-corrected chi connectivity index (χ4v) is 2.88. The van der Waals surface area contributed by atoms with Crippen molar-refractivity contribution in [2.24, 2.45) is 0 Å². The second-order valence-corrected chi connectivity index (χ2v) is 5.03. The van der Waals surface area contributed by atoms with Gasteiger partial charge in [-0.25, -0.2) is 4.42 Å². The SMILES string of the molecule is COC(=O)C(c1ccccc1)C1CCCCN1Cl. The number of methoxy groups -OCH3 is 1. The lowest BCUT2D eigenvalue weighted by atomic mass is 9.86. The van der Waals surface area contributed by atoms with E-state index in [4.69, 9.17) is 16.5 Å². The smallest absolute Gasteiger partial charge is 0.314 e. The molecule has 0 aliphatic carbocycles. The molecule has 3 nitrogen and oxygen atoms in total. The van der Waals surface area contributed by atoms with Crippen molar-refractivity contribution in [3.63, 3.8) is 0 Å². The molecule has 1 fully saturated rings. The summed E-state index contributed by atoms with van der Waals surface area (Å²) in [5.41, 5.74) is 0.974. The van der Waals surface area contributed by atoms with Gasteiger partial charge < -0.3 is 4.74 Å². The van der Waals surface area contributed by atoms with Gasteiger partial charge in [0.15, 0.2) is 0 Å². The molecular formula is C14H18ClNO2. The Kier molecular flexibility index (Phi) is 4.61. The van der Waals surface area contributed by atoms with Gasteiger partial charge in [-0.15, -0.1) is 0 Å². The van der Waals surface area contributed by atoms with Crippen molar-refractivity contribution in [1.29, 1.82) is 0 Å². The van der Waals surface area contributed by atoms with E-state index >= 15 is 0 Å². The lowest BCUT2D eigenvalue weighted by Gasteiger charge is -2.34. The zero-order valence-electron chi connectivity index (χ0n) is 10.5. The van der Waals surface area contributed by atoms with E-state index in [9.17, 15) is 4.79 Å². The van der Waals surface area contributed by atoms with E-state index in [1.165, 1.54) is 7.11 Å². The van der Waals surface area contributed by atoms with Gasteiger partial charge in [0.25, 0.3) is 0 Å². The molecule has 2 rings (SSSR count). The Balaban J connectivity index is 2.27. The van der Waals surface area contributed by atoms with Gasteiger partial charge in [-0.1, -0.05) is 36.8 Å². The normalized spacial score (nSPS) is 22.4. The van der Waals surface area contributed by atoms with E-state index in [-0.39, 0.29) is 17.9 Å².